The Bertz CT molecular complexity index is 437. The summed E-state index contributed by atoms with van der Waals surface area (Å²) in [6.07, 6.45) is 0. The van der Waals surface area contributed by atoms with Crippen LogP contribution < -0.4 is 10.1 Å². The molecule has 18 heavy (non-hydrogen) atoms. The predicted octanol–water partition coefficient (Wildman–Crippen LogP) is 1.60. The molecule has 2 rings (SSSR count). The summed E-state index contributed by atoms with van der Waals surface area (Å²) in [5.41, 5.74) is 0.385. The molecule has 0 unspecified atom stereocenters. The average molecular weight is 275 g/mol. The molecule has 0 aliphatic carbocycles. The minimum atomic E-state index is -0.573. The van der Waals surface area contributed by atoms with Gasteiger partial charge in [0.05, 0.1) is 12.1 Å². The van der Waals surface area contributed by atoms with Crippen molar-refractivity contribution in [2.45, 2.75) is 6.54 Å². The number of nitrogens with zero attached hydrogens (tertiary/aromatic N) is 1. The molecule has 1 aromatic rings. The minimum absolute atomic E-state index is 0.0353. The van der Waals surface area contributed by atoms with Gasteiger partial charge in [-0.25, -0.2) is 4.39 Å². The fourth-order valence-electron chi connectivity index (χ4n) is 2.04. The number of aromatic hydroxyl groups is 1. The molecule has 0 amide bonds. The zero-order valence-corrected chi connectivity index (χ0v) is 10.9. The second-order valence-corrected chi connectivity index (χ2v) is 4.61. The Labute approximate surface area is 110 Å². The highest BCUT2D eigenvalue weighted by atomic mass is 35.5. The Morgan fingerprint density at radius 3 is 2.78 bits per heavy atom. The van der Waals surface area contributed by atoms with E-state index in [2.05, 4.69) is 10.2 Å². The first kappa shape index (κ1) is 13.4. The van der Waals surface area contributed by atoms with E-state index in [0.717, 1.165) is 32.2 Å². The molecule has 1 saturated heterocycles. The van der Waals surface area contributed by atoms with E-state index < -0.39 is 5.82 Å². The van der Waals surface area contributed by atoms with Crippen LogP contribution in [0.3, 0.4) is 0 Å². The van der Waals surface area contributed by atoms with Gasteiger partial charge in [-0.15, -0.1) is 0 Å². The molecule has 1 aliphatic rings. The maximum absolute atomic E-state index is 13.6. The van der Waals surface area contributed by atoms with Gasteiger partial charge >= 0.3 is 0 Å². The van der Waals surface area contributed by atoms with Crippen molar-refractivity contribution < 1.29 is 14.2 Å². The molecule has 4 nitrogen and oxygen atoms in total. The number of methoxy groups -OCH3 is 1. The molecule has 2 N–H and O–H groups in total. The maximum Gasteiger partial charge on any atom is 0.163 e. The van der Waals surface area contributed by atoms with Crippen LogP contribution in [0, 0.1) is 5.82 Å². The fourth-order valence-corrected chi connectivity index (χ4v) is 2.24. The van der Waals surface area contributed by atoms with Crippen LogP contribution in [0.2, 0.25) is 5.02 Å². The highest BCUT2D eigenvalue weighted by Crippen LogP contribution is 2.37. The van der Waals surface area contributed by atoms with E-state index in [-0.39, 0.29) is 16.5 Å². The summed E-state index contributed by atoms with van der Waals surface area (Å²) < 4.78 is 18.5. The molecule has 0 saturated carbocycles. The van der Waals surface area contributed by atoms with Crippen LogP contribution in [-0.4, -0.2) is 43.3 Å². The highest BCUT2D eigenvalue weighted by Gasteiger charge is 2.20. The lowest BCUT2D eigenvalue weighted by molar-refractivity contribution is 0.229. The van der Waals surface area contributed by atoms with Crippen LogP contribution in [-0.2, 0) is 6.54 Å². The van der Waals surface area contributed by atoms with Crippen molar-refractivity contribution in [1.29, 1.82) is 0 Å². The van der Waals surface area contributed by atoms with Crippen molar-refractivity contribution in [1.82, 2.24) is 10.2 Å². The van der Waals surface area contributed by atoms with Gasteiger partial charge in [0.25, 0.3) is 0 Å². The van der Waals surface area contributed by atoms with Crippen molar-refractivity contribution in [2.24, 2.45) is 0 Å². The number of phenolic OH excluding ortho intramolecular Hbond substituents is 1. The number of hydrogen-bond acceptors (Lipinski definition) is 4. The van der Waals surface area contributed by atoms with Crippen molar-refractivity contribution in [3.05, 3.63) is 22.5 Å². The zero-order chi connectivity index (χ0) is 13.1. The van der Waals surface area contributed by atoms with Gasteiger partial charge in [-0.3, -0.25) is 4.90 Å². The predicted molar refractivity (Wildman–Crippen MR) is 67.8 cm³/mol. The van der Waals surface area contributed by atoms with Crippen molar-refractivity contribution >= 4 is 11.6 Å². The Kier molecular flexibility index (Phi) is 4.27. The average Bonchev–Trinajstić information content (AvgIpc) is 2.40. The molecule has 6 heteroatoms. The molecule has 1 heterocycles. The molecule has 0 spiro atoms. The Morgan fingerprint density at radius 2 is 2.17 bits per heavy atom. The lowest BCUT2D eigenvalue weighted by Crippen LogP contribution is -2.42. The van der Waals surface area contributed by atoms with Gasteiger partial charge in [-0.1, -0.05) is 11.6 Å². The number of rotatable bonds is 3. The third-order valence-corrected chi connectivity index (χ3v) is 3.47. The third kappa shape index (κ3) is 2.68. The molecule has 1 aromatic carbocycles. The second kappa shape index (κ2) is 5.73. The lowest BCUT2D eigenvalue weighted by Gasteiger charge is -2.28. The zero-order valence-electron chi connectivity index (χ0n) is 10.2. The van der Waals surface area contributed by atoms with E-state index >= 15 is 0 Å². The first-order chi connectivity index (χ1) is 8.63. The standard InChI is InChI=1S/C12H16ClFN2O2/c1-18-10-6-9(14)11(13)8(12(10)17)7-16-4-2-15-3-5-16/h6,15,17H,2-5,7H2,1H3. The molecule has 1 aliphatic heterocycles. The number of halogens is 2. The fraction of sp³-hybridized carbons (Fsp3) is 0.500. The minimum Gasteiger partial charge on any atom is -0.504 e. The van der Waals surface area contributed by atoms with E-state index in [1.54, 1.807) is 0 Å². The lowest BCUT2D eigenvalue weighted by atomic mass is 10.1. The number of nitrogens with one attached hydrogen (secondary N) is 1. The smallest absolute Gasteiger partial charge is 0.163 e. The quantitative estimate of drug-likeness (QED) is 0.879. The van der Waals surface area contributed by atoms with E-state index in [0.29, 0.717) is 12.1 Å². The Balaban J connectivity index is 2.27. The van der Waals surface area contributed by atoms with Crippen molar-refractivity contribution in [2.75, 3.05) is 33.3 Å². The van der Waals surface area contributed by atoms with Gasteiger partial charge < -0.3 is 15.2 Å². The highest BCUT2D eigenvalue weighted by molar-refractivity contribution is 6.31. The molecule has 0 radical (unpaired) electrons. The van der Waals surface area contributed by atoms with Crippen LogP contribution >= 0.6 is 11.6 Å². The number of hydrogen-bond donors (Lipinski definition) is 2. The molecular weight excluding hydrogens is 259 g/mol. The molecule has 1 fully saturated rings. The van der Waals surface area contributed by atoms with Gasteiger partial charge in [-0.2, -0.15) is 0 Å². The summed E-state index contributed by atoms with van der Waals surface area (Å²) in [6.45, 7) is 3.86. The maximum atomic E-state index is 13.6. The van der Waals surface area contributed by atoms with Gasteiger partial charge in [0.2, 0.25) is 0 Å². The van der Waals surface area contributed by atoms with E-state index in [4.69, 9.17) is 16.3 Å². The summed E-state index contributed by atoms with van der Waals surface area (Å²) in [6, 6.07) is 1.10. The van der Waals surface area contributed by atoms with Crippen LogP contribution in [0.5, 0.6) is 11.5 Å². The van der Waals surface area contributed by atoms with Crippen LogP contribution in [0.4, 0.5) is 4.39 Å². The summed E-state index contributed by atoms with van der Waals surface area (Å²) in [7, 11) is 1.39. The largest absolute Gasteiger partial charge is 0.504 e. The van der Waals surface area contributed by atoms with E-state index in [1.165, 1.54) is 7.11 Å². The van der Waals surface area contributed by atoms with Crippen LogP contribution in [0.25, 0.3) is 0 Å². The topological polar surface area (TPSA) is 44.7 Å². The number of piperazine rings is 1. The monoisotopic (exact) mass is 274 g/mol. The third-order valence-electron chi connectivity index (χ3n) is 3.06. The van der Waals surface area contributed by atoms with Crippen LogP contribution in [0.15, 0.2) is 6.07 Å². The first-order valence-corrected chi connectivity index (χ1v) is 6.18. The summed E-state index contributed by atoms with van der Waals surface area (Å²) >= 11 is 5.91. The van der Waals surface area contributed by atoms with Gasteiger partial charge in [-0.05, 0) is 0 Å². The molecule has 0 aromatic heterocycles. The van der Waals surface area contributed by atoms with E-state index in [1.807, 2.05) is 0 Å². The molecular formula is C12H16ClFN2O2. The molecule has 0 bridgehead atoms. The molecule has 0 atom stereocenters. The van der Waals surface area contributed by atoms with Crippen molar-refractivity contribution in [3.8, 4) is 11.5 Å². The number of phenols is 1. The van der Waals surface area contributed by atoms with Gasteiger partial charge in [0, 0.05) is 44.4 Å². The van der Waals surface area contributed by atoms with Gasteiger partial charge in [0.1, 0.15) is 5.82 Å². The number of benzene rings is 1. The first-order valence-electron chi connectivity index (χ1n) is 5.80. The van der Waals surface area contributed by atoms with Crippen molar-refractivity contribution in [3.63, 3.8) is 0 Å². The number of ether oxygens (including phenoxy) is 1. The molecule has 100 valence electrons. The van der Waals surface area contributed by atoms with Gasteiger partial charge in [0.15, 0.2) is 11.5 Å². The SMILES string of the molecule is COc1cc(F)c(Cl)c(CN2CCNCC2)c1O. The summed E-state index contributed by atoms with van der Waals surface area (Å²) in [5, 5.41) is 13.2. The Hall–Kier alpha value is -1.04. The van der Waals surface area contributed by atoms with E-state index in [9.17, 15) is 9.50 Å². The summed E-state index contributed by atoms with van der Waals surface area (Å²) in [5.74, 6) is -0.541. The van der Waals surface area contributed by atoms with Crippen LogP contribution in [0.1, 0.15) is 5.56 Å². The second-order valence-electron chi connectivity index (χ2n) is 4.23. The summed E-state index contributed by atoms with van der Waals surface area (Å²) in [4.78, 5) is 2.11. The Morgan fingerprint density at radius 1 is 1.50 bits per heavy atom. The normalized spacial score (nSPS) is 16.8.